The molecule has 1 aromatic carbocycles. The number of benzene rings is 1. The Hall–Kier alpha value is -1.85. The van der Waals surface area contributed by atoms with Crippen molar-refractivity contribution in [2.24, 2.45) is 11.3 Å². The van der Waals surface area contributed by atoms with E-state index in [1.807, 2.05) is 37.0 Å². The molecule has 1 amide bonds. The largest absolute Gasteiger partial charge is 0.443 e. The van der Waals surface area contributed by atoms with Crippen LogP contribution < -0.4 is 0 Å². The molecule has 180 valence electrons. The molecule has 1 atom stereocenters. The van der Waals surface area contributed by atoms with E-state index in [-0.39, 0.29) is 6.09 Å². The topological polar surface area (TPSA) is 32.8 Å². The Bertz CT molecular complexity index is 1050. The van der Waals surface area contributed by atoms with E-state index < -0.39 is 5.60 Å². The Morgan fingerprint density at radius 1 is 1.24 bits per heavy atom. The molecule has 0 unspecified atom stereocenters. The lowest BCUT2D eigenvalue weighted by Gasteiger charge is -2.38. The molecule has 0 radical (unpaired) electrons. The minimum Gasteiger partial charge on any atom is -0.443 e. The first-order chi connectivity index (χ1) is 15.4. The number of thiophene rings is 1. The number of rotatable bonds is 3. The highest BCUT2D eigenvalue weighted by molar-refractivity contribution is 7.19. The van der Waals surface area contributed by atoms with E-state index in [9.17, 15) is 4.79 Å². The first-order valence-corrected chi connectivity index (χ1v) is 13.2. The van der Waals surface area contributed by atoms with Crippen molar-refractivity contribution in [2.45, 2.75) is 72.8 Å². The summed E-state index contributed by atoms with van der Waals surface area (Å²) >= 11 is 1.95. The highest BCUT2D eigenvalue weighted by Gasteiger charge is 2.31. The normalized spacial score (nSPS) is 21.8. The fourth-order valence-corrected chi connectivity index (χ4v) is 6.40. The highest BCUT2D eigenvalue weighted by atomic mass is 32.1. The van der Waals surface area contributed by atoms with Gasteiger partial charge in [0, 0.05) is 16.1 Å². The third-order valence-electron chi connectivity index (χ3n) is 7.22. The van der Waals surface area contributed by atoms with Gasteiger partial charge in [-0.25, -0.2) is 4.79 Å². The molecule has 0 spiro atoms. The number of nitrogens with zero attached hydrogens (tertiary/aromatic N) is 2. The van der Waals surface area contributed by atoms with Gasteiger partial charge in [0.2, 0.25) is 0 Å². The van der Waals surface area contributed by atoms with E-state index in [0.29, 0.717) is 17.9 Å². The van der Waals surface area contributed by atoms with Crippen molar-refractivity contribution in [1.29, 1.82) is 0 Å². The summed E-state index contributed by atoms with van der Waals surface area (Å²) in [7, 11) is 2.23. The van der Waals surface area contributed by atoms with Gasteiger partial charge in [-0.3, -0.25) is 4.90 Å². The number of ether oxygens (including phenoxy) is 1. The van der Waals surface area contributed by atoms with Gasteiger partial charge >= 0.3 is 6.09 Å². The second-order valence-electron chi connectivity index (χ2n) is 11.7. The lowest BCUT2D eigenvalue weighted by Crippen LogP contribution is -2.39. The van der Waals surface area contributed by atoms with Crippen molar-refractivity contribution in [1.82, 2.24) is 9.80 Å². The quantitative estimate of drug-likeness (QED) is 0.481. The summed E-state index contributed by atoms with van der Waals surface area (Å²) in [5.74, 6) is 0.426. The summed E-state index contributed by atoms with van der Waals surface area (Å²) in [6, 6.07) is 6.72. The van der Waals surface area contributed by atoms with Gasteiger partial charge < -0.3 is 9.64 Å². The molecular formula is C28H40N2O2S. The number of piperidine rings is 1. The van der Waals surface area contributed by atoms with Crippen LogP contribution in [0.4, 0.5) is 4.79 Å². The second kappa shape index (κ2) is 9.07. The third kappa shape index (κ3) is 5.46. The van der Waals surface area contributed by atoms with Crippen molar-refractivity contribution in [3.63, 3.8) is 0 Å². The SMILES string of the molecule is Cc1c(CC2(C)CCN(C)CC2)sc2ccc(C3=CC[C@H](C)CN3C(=O)OC(C)(C)C)cc12. The maximum atomic E-state index is 13.0. The molecule has 2 aromatic rings. The second-order valence-corrected chi connectivity index (χ2v) is 12.8. The van der Waals surface area contributed by atoms with Crippen molar-refractivity contribution < 1.29 is 9.53 Å². The van der Waals surface area contributed by atoms with E-state index in [1.165, 1.54) is 46.5 Å². The van der Waals surface area contributed by atoms with Gasteiger partial charge in [0.05, 0.1) is 5.70 Å². The maximum Gasteiger partial charge on any atom is 0.414 e. The predicted octanol–water partition coefficient (Wildman–Crippen LogP) is 7.10. The van der Waals surface area contributed by atoms with Crippen molar-refractivity contribution in [3.8, 4) is 0 Å². The lowest BCUT2D eigenvalue weighted by atomic mass is 9.77. The minimum absolute atomic E-state index is 0.252. The van der Waals surface area contributed by atoms with Crippen LogP contribution in [0.5, 0.6) is 0 Å². The Labute approximate surface area is 203 Å². The van der Waals surface area contributed by atoms with E-state index in [2.05, 4.69) is 57.0 Å². The van der Waals surface area contributed by atoms with Crippen LogP contribution in [0.25, 0.3) is 15.8 Å². The van der Waals surface area contributed by atoms with Crippen LogP contribution in [0.2, 0.25) is 0 Å². The molecule has 2 aliphatic heterocycles. The van der Waals surface area contributed by atoms with Crippen LogP contribution in [0.3, 0.4) is 0 Å². The zero-order chi connectivity index (χ0) is 24.0. The molecule has 5 heteroatoms. The average Bonchev–Trinajstić information content (AvgIpc) is 3.03. The number of hydrogen-bond donors (Lipinski definition) is 0. The molecule has 1 aromatic heterocycles. The molecule has 4 nitrogen and oxygen atoms in total. The predicted molar refractivity (Wildman–Crippen MR) is 140 cm³/mol. The number of allylic oxidation sites excluding steroid dienone is 1. The lowest BCUT2D eigenvalue weighted by molar-refractivity contribution is 0.0327. The summed E-state index contributed by atoms with van der Waals surface area (Å²) in [6.45, 7) is 15.8. The molecule has 1 fully saturated rings. The molecule has 4 rings (SSSR count). The van der Waals surface area contributed by atoms with Gasteiger partial charge in [0.25, 0.3) is 0 Å². The Morgan fingerprint density at radius 3 is 2.61 bits per heavy atom. The van der Waals surface area contributed by atoms with E-state index in [4.69, 9.17) is 4.74 Å². The van der Waals surface area contributed by atoms with E-state index in [1.54, 1.807) is 0 Å². The zero-order valence-corrected chi connectivity index (χ0v) is 22.3. The Balaban J connectivity index is 1.63. The number of amides is 1. The fourth-order valence-electron chi connectivity index (χ4n) is 4.99. The number of aryl methyl sites for hydroxylation is 1. The molecule has 0 N–H and O–H groups in total. The smallest absolute Gasteiger partial charge is 0.414 e. The van der Waals surface area contributed by atoms with E-state index >= 15 is 0 Å². The van der Waals surface area contributed by atoms with Gasteiger partial charge in [-0.1, -0.05) is 26.0 Å². The number of hydrogen-bond acceptors (Lipinski definition) is 4. The van der Waals surface area contributed by atoms with Gasteiger partial charge in [0.1, 0.15) is 5.60 Å². The fraction of sp³-hybridized carbons (Fsp3) is 0.607. The summed E-state index contributed by atoms with van der Waals surface area (Å²) in [5.41, 5.74) is 3.38. The molecule has 33 heavy (non-hydrogen) atoms. The number of carbonyl (C=O) groups excluding carboxylic acids is 1. The number of carbonyl (C=O) groups is 1. The van der Waals surface area contributed by atoms with Crippen LogP contribution in [0, 0.1) is 18.3 Å². The third-order valence-corrected chi connectivity index (χ3v) is 8.50. The molecule has 0 bridgehead atoms. The van der Waals surface area contributed by atoms with Crippen LogP contribution in [-0.4, -0.2) is 48.2 Å². The Kier molecular flexibility index (Phi) is 6.67. The average molecular weight is 469 g/mol. The number of fused-ring (bicyclic) bond motifs is 1. The van der Waals surface area contributed by atoms with Gasteiger partial charge in [-0.15, -0.1) is 11.3 Å². The number of likely N-dealkylation sites (tertiary alicyclic amines) is 1. The van der Waals surface area contributed by atoms with Crippen molar-refractivity contribution in [3.05, 3.63) is 40.3 Å². The minimum atomic E-state index is -0.504. The molecule has 0 saturated carbocycles. The molecule has 2 aliphatic rings. The zero-order valence-electron chi connectivity index (χ0n) is 21.5. The van der Waals surface area contributed by atoms with Crippen LogP contribution in [0.1, 0.15) is 69.9 Å². The van der Waals surface area contributed by atoms with Crippen molar-refractivity contribution in [2.75, 3.05) is 26.7 Å². The van der Waals surface area contributed by atoms with Gasteiger partial charge in [0.15, 0.2) is 0 Å². The first kappa shape index (κ1) is 24.3. The van der Waals surface area contributed by atoms with Crippen LogP contribution >= 0.6 is 11.3 Å². The molecular weight excluding hydrogens is 428 g/mol. The van der Waals surface area contributed by atoms with E-state index in [0.717, 1.165) is 24.1 Å². The molecule has 0 aliphatic carbocycles. The first-order valence-electron chi connectivity index (χ1n) is 12.4. The summed E-state index contributed by atoms with van der Waals surface area (Å²) < 4.78 is 7.08. The monoisotopic (exact) mass is 468 g/mol. The standard InChI is InChI=1S/C28H40N2O2S/c1-19-8-10-23(30(18-19)26(31)32-27(3,4)5)21-9-11-24-22(16-21)20(2)25(33-24)17-28(6)12-14-29(7)15-13-28/h9-11,16,19H,8,12-15,17-18H2,1-7H3/t19-/m0/s1. The van der Waals surface area contributed by atoms with Crippen LogP contribution in [0.15, 0.2) is 24.3 Å². The van der Waals surface area contributed by atoms with Crippen LogP contribution in [-0.2, 0) is 11.2 Å². The Morgan fingerprint density at radius 2 is 1.94 bits per heavy atom. The van der Waals surface area contributed by atoms with Crippen molar-refractivity contribution >= 4 is 33.2 Å². The maximum absolute atomic E-state index is 13.0. The summed E-state index contributed by atoms with van der Waals surface area (Å²) in [5, 5.41) is 1.33. The van der Waals surface area contributed by atoms with Gasteiger partial charge in [-0.2, -0.15) is 0 Å². The summed E-state index contributed by atoms with van der Waals surface area (Å²) in [6.07, 6.45) is 6.62. The van der Waals surface area contributed by atoms with Gasteiger partial charge in [-0.05, 0) is 113 Å². The summed E-state index contributed by atoms with van der Waals surface area (Å²) in [4.78, 5) is 18.8. The molecule has 1 saturated heterocycles. The highest BCUT2D eigenvalue weighted by Crippen LogP contribution is 2.41. The molecule has 3 heterocycles.